The molecule has 0 spiro atoms. The van der Waals surface area contributed by atoms with E-state index in [1.807, 2.05) is 0 Å². The number of likely N-dealkylation sites (N-methyl/N-ethyl adjacent to an activating group) is 1. The summed E-state index contributed by atoms with van der Waals surface area (Å²) in [7, 11) is 4.46. The van der Waals surface area contributed by atoms with Gasteiger partial charge >= 0.3 is 11.9 Å². The van der Waals surface area contributed by atoms with Crippen LogP contribution in [0.3, 0.4) is 0 Å². The van der Waals surface area contributed by atoms with Gasteiger partial charge in [-0.2, -0.15) is 0 Å². The van der Waals surface area contributed by atoms with Crippen LogP contribution in [0.4, 0.5) is 0 Å². The lowest BCUT2D eigenvalue weighted by Gasteiger charge is -2.33. The molecule has 0 aromatic carbocycles. The quantitative estimate of drug-likeness (QED) is 0.0374. The number of aliphatic hydroxyl groups is 1. The molecule has 0 aliphatic heterocycles. The summed E-state index contributed by atoms with van der Waals surface area (Å²) in [5.74, 6) is -0.283. The maximum absolute atomic E-state index is 13.0. The highest BCUT2D eigenvalue weighted by molar-refractivity contribution is 5.70. The van der Waals surface area contributed by atoms with Crippen molar-refractivity contribution >= 4 is 11.9 Å². The maximum atomic E-state index is 13.0. The molecule has 1 N–H and O–H groups in total. The monoisotopic (exact) mass is 916 g/mol. The zero-order chi connectivity index (χ0) is 43.2. The van der Waals surface area contributed by atoms with Crippen LogP contribution in [-0.2, 0) is 19.1 Å². The molecule has 0 fully saturated rings. The Kier molecular flexibility index (Phi) is 50.5. The van der Waals surface area contributed by atoms with Crippen LogP contribution in [0.5, 0.6) is 0 Å². The molecular weight excluding hydrogens is 810 g/mol. The van der Waals surface area contributed by atoms with E-state index in [1.165, 1.54) is 225 Å². The zero-order valence-corrected chi connectivity index (χ0v) is 42.6. The molecule has 6 nitrogen and oxygen atoms in total. The van der Waals surface area contributed by atoms with Crippen molar-refractivity contribution in [3.63, 3.8) is 0 Å². The number of halogens is 1. The van der Waals surface area contributed by atoms with Gasteiger partial charge in [0.05, 0.1) is 20.6 Å². The van der Waals surface area contributed by atoms with Crippen molar-refractivity contribution in [3.8, 4) is 0 Å². The Hall–Kier alpha value is -0.660. The van der Waals surface area contributed by atoms with Gasteiger partial charge in [0.2, 0.25) is 0 Å². The molecule has 0 aromatic rings. The number of aliphatic hydroxyl groups excluding tert-OH is 1. The number of hydrogen-bond acceptors (Lipinski definition) is 5. The largest absolute Gasteiger partial charge is 1.00 e. The standard InChI is InChI=1S/C53H106NO5.BrH/c1-5-7-9-11-13-15-17-21-25-29-33-37-41-45-52(56)58-50-51(59-53(57)46-42-38-34-30-26-22-18-16-14-12-10-8-6-2)49-54(3,4)47-43-39-35-31-27-23-19-20-24-28-32-36-40-44-48-55;/h51,55H,5-50H2,1-4H3;1H/q+1;/p-1. The van der Waals surface area contributed by atoms with Crippen molar-refractivity contribution in [1.82, 2.24) is 0 Å². The van der Waals surface area contributed by atoms with E-state index in [2.05, 4.69) is 27.9 Å². The average molecular weight is 917 g/mol. The number of rotatable bonds is 49. The lowest BCUT2D eigenvalue weighted by atomic mass is 10.0. The van der Waals surface area contributed by atoms with E-state index < -0.39 is 6.10 Å². The normalized spacial score (nSPS) is 12.1. The van der Waals surface area contributed by atoms with Crippen LogP contribution in [0.15, 0.2) is 0 Å². The summed E-state index contributed by atoms with van der Waals surface area (Å²) in [4.78, 5) is 25.8. The topological polar surface area (TPSA) is 72.8 Å². The fourth-order valence-electron chi connectivity index (χ4n) is 8.62. The predicted molar refractivity (Wildman–Crippen MR) is 255 cm³/mol. The fraction of sp³-hybridized carbons (Fsp3) is 0.962. The summed E-state index contributed by atoms with van der Waals surface area (Å²) in [5.41, 5.74) is 0. The zero-order valence-electron chi connectivity index (χ0n) is 41.0. The Labute approximate surface area is 386 Å². The molecule has 360 valence electrons. The maximum Gasteiger partial charge on any atom is 0.306 e. The minimum absolute atomic E-state index is 0. The van der Waals surface area contributed by atoms with E-state index in [0.29, 0.717) is 26.0 Å². The number of unbranched alkanes of at least 4 members (excludes halogenated alkanes) is 37. The van der Waals surface area contributed by atoms with Crippen molar-refractivity contribution in [3.05, 3.63) is 0 Å². The Morgan fingerprint density at radius 2 is 0.700 bits per heavy atom. The van der Waals surface area contributed by atoms with Gasteiger partial charge in [-0.25, -0.2) is 0 Å². The molecule has 60 heavy (non-hydrogen) atoms. The molecule has 0 aliphatic rings. The molecule has 0 aromatic heterocycles. The molecule has 0 bridgehead atoms. The SMILES string of the molecule is CCCCCCCCCCCCCCCC(=O)OCC(C[N+](C)(C)CCCCCCCCCCCCCCCCO)OC(=O)CCCCCCCCCCCCCCC.[Br-]. The smallest absolute Gasteiger partial charge is 0.306 e. The van der Waals surface area contributed by atoms with E-state index in [9.17, 15) is 9.59 Å². The second-order valence-corrected chi connectivity index (χ2v) is 19.3. The molecular formula is C53H106BrNO5. The lowest BCUT2D eigenvalue weighted by Crippen LogP contribution is -3.00. The van der Waals surface area contributed by atoms with Gasteiger partial charge < -0.3 is 36.0 Å². The minimum atomic E-state index is -0.393. The Morgan fingerprint density at radius 1 is 0.417 bits per heavy atom. The molecule has 0 radical (unpaired) electrons. The number of hydrogen-bond donors (Lipinski definition) is 1. The van der Waals surface area contributed by atoms with Crippen LogP contribution >= 0.6 is 0 Å². The first-order valence-electron chi connectivity index (χ1n) is 26.6. The van der Waals surface area contributed by atoms with Crippen LogP contribution in [0, 0.1) is 0 Å². The number of carbonyl (C=O) groups excluding carboxylic acids is 2. The minimum Gasteiger partial charge on any atom is -1.00 e. The molecule has 0 rings (SSSR count). The van der Waals surface area contributed by atoms with Gasteiger partial charge in [-0.3, -0.25) is 9.59 Å². The third kappa shape index (κ3) is 48.4. The molecule has 0 amide bonds. The first-order valence-corrected chi connectivity index (χ1v) is 26.6. The molecule has 0 saturated carbocycles. The Balaban J connectivity index is 0. The number of esters is 2. The second-order valence-electron chi connectivity index (χ2n) is 19.3. The summed E-state index contributed by atoms with van der Waals surface area (Å²) in [6.45, 7) is 6.79. The van der Waals surface area contributed by atoms with Crippen molar-refractivity contribution in [2.45, 2.75) is 290 Å². The van der Waals surface area contributed by atoms with Crippen LogP contribution in [0.1, 0.15) is 284 Å². The van der Waals surface area contributed by atoms with E-state index in [0.717, 1.165) is 43.1 Å². The van der Waals surface area contributed by atoms with Crippen molar-refractivity contribution < 1.29 is 45.6 Å². The van der Waals surface area contributed by atoms with Crippen molar-refractivity contribution in [1.29, 1.82) is 0 Å². The van der Waals surface area contributed by atoms with Gasteiger partial charge in [0, 0.05) is 19.4 Å². The van der Waals surface area contributed by atoms with E-state index >= 15 is 0 Å². The number of ether oxygens (including phenoxy) is 2. The van der Waals surface area contributed by atoms with Crippen LogP contribution in [-0.4, -0.2) is 68.0 Å². The first-order chi connectivity index (χ1) is 28.8. The van der Waals surface area contributed by atoms with Crippen molar-refractivity contribution in [2.75, 3.05) is 40.4 Å². The summed E-state index contributed by atoms with van der Waals surface area (Å²) >= 11 is 0. The highest BCUT2D eigenvalue weighted by Crippen LogP contribution is 2.17. The first kappa shape index (κ1) is 61.4. The summed E-state index contributed by atoms with van der Waals surface area (Å²) in [5, 5.41) is 8.89. The molecule has 0 aliphatic carbocycles. The molecule has 1 atom stereocenters. The fourth-order valence-corrected chi connectivity index (χ4v) is 8.62. The van der Waals surface area contributed by atoms with Gasteiger partial charge in [-0.1, -0.05) is 239 Å². The van der Waals surface area contributed by atoms with Crippen LogP contribution in [0.25, 0.3) is 0 Å². The number of quaternary nitrogens is 1. The summed E-state index contributed by atoms with van der Waals surface area (Å²) in [6.07, 6.45) is 51.9. The van der Waals surface area contributed by atoms with E-state index in [-0.39, 0.29) is 35.5 Å². The van der Waals surface area contributed by atoms with Crippen LogP contribution < -0.4 is 17.0 Å². The third-order valence-electron chi connectivity index (χ3n) is 12.6. The molecule has 0 saturated heterocycles. The number of nitrogens with zero attached hydrogens (tertiary/aromatic N) is 1. The second kappa shape index (κ2) is 49.4. The van der Waals surface area contributed by atoms with Gasteiger partial charge in [0.1, 0.15) is 13.2 Å². The third-order valence-corrected chi connectivity index (χ3v) is 12.6. The highest BCUT2D eigenvalue weighted by Gasteiger charge is 2.26. The highest BCUT2D eigenvalue weighted by atomic mass is 79.9. The van der Waals surface area contributed by atoms with Gasteiger partial charge in [-0.15, -0.1) is 0 Å². The van der Waals surface area contributed by atoms with E-state index in [4.69, 9.17) is 14.6 Å². The Bertz CT molecular complexity index is 870. The predicted octanol–water partition coefficient (Wildman–Crippen LogP) is 12.9. The lowest BCUT2D eigenvalue weighted by molar-refractivity contribution is -0.893. The van der Waals surface area contributed by atoms with Crippen LogP contribution in [0.2, 0.25) is 0 Å². The van der Waals surface area contributed by atoms with Gasteiger partial charge in [0.25, 0.3) is 0 Å². The van der Waals surface area contributed by atoms with Gasteiger partial charge in [-0.05, 0) is 32.1 Å². The summed E-state index contributed by atoms with van der Waals surface area (Å²) < 4.78 is 12.6. The average Bonchev–Trinajstić information content (AvgIpc) is 3.21. The molecule has 0 heterocycles. The van der Waals surface area contributed by atoms with E-state index in [1.54, 1.807) is 0 Å². The Morgan fingerprint density at radius 3 is 1.03 bits per heavy atom. The number of carbonyl (C=O) groups is 2. The molecule has 7 heteroatoms. The van der Waals surface area contributed by atoms with Gasteiger partial charge in [0.15, 0.2) is 6.10 Å². The summed E-state index contributed by atoms with van der Waals surface area (Å²) in [6, 6.07) is 0. The molecule has 1 unspecified atom stereocenters. The van der Waals surface area contributed by atoms with Crippen molar-refractivity contribution in [2.24, 2.45) is 0 Å².